The summed E-state index contributed by atoms with van der Waals surface area (Å²) in [5.41, 5.74) is 5.51. The van der Waals surface area contributed by atoms with Crippen molar-refractivity contribution in [1.29, 1.82) is 0 Å². The van der Waals surface area contributed by atoms with Crippen molar-refractivity contribution in [2.75, 3.05) is 6.61 Å². The Balaban J connectivity index is 2.50. The van der Waals surface area contributed by atoms with Crippen molar-refractivity contribution in [1.82, 2.24) is 0 Å². The molecule has 2 aromatic rings. The molecule has 0 spiro atoms. The third-order valence-corrected chi connectivity index (χ3v) is 3.51. The zero-order valence-corrected chi connectivity index (χ0v) is 12.0. The predicted molar refractivity (Wildman–Crippen MR) is 86.2 cm³/mol. The molecule has 0 fully saturated rings. The highest BCUT2D eigenvalue weighted by atomic mass is 16.3. The molecule has 0 heterocycles. The standard InChI is InChI=1S/C19H20O/c1-3-18(16-10-6-4-7-11-16)15(2)19(14-20)17-12-8-5-9-13-17/h3-13,20H,14H2,1-2H3/b18-3-,19-15+. The Morgan fingerprint density at radius 3 is 1.85 bits per heavy atom. The zero-order valence-electron chi connectivity index (χ0n) is 12.0. The van der Waals surface area contributed by atoms with Crippen molar-refractivity contribution in [3.8, 4) is 0 Å². The molecule has 0 bridgehead atoms. The minimum absolute atomic E-state index is 0.0417. The zero-order chi connectivity index (χ0) is 14.4. The summed E-state index contributed by atoms with van der Waals surface area (Å²) in [4.78, 5) is 0. The van der Waals surface area contributed by atoms with E-state index in [-0.39, 0.29) is 6.61 Å². The van der Waals surface area contributed by atoms with E-state index < -0.39 is 0 Å². The lowest BCUT2D eigenvalue weighted by atomic mass is 9.92. The first-order valence-electron chi connectivity index (χ1n) is 6.86. The fraction of sp³-hybridized carbons (Fsp3) is 0.158. The van der Waals surface area contributed by atoms with Crippen LogP contribution in [0, 0.1) is 0 Å². The van der Waals surface area contributed by atoms with Gasteiger partial charge in [0.05, 0.1) is 6.61 Å². The van der Waals surface area contributed by atoms with Gasteiger partial charge < -0.3 is 5.11 Å². The lowest BCUT2D eigenvalue weighted by Gasteiger charge is -2.14. The number of aliphatic hydroxyl groups excluding tert-OH is 1. The molecule has 0 saturated heterocycles. The van der Waals surface area contributed by atoms with Gasteiger partial charge in [0.1, 0.15) is 0 Å². The molecule has 0 atom stereocenters. The Hall–Kier alpha value is -2.12. The van der Waals surface area contributed by atoms with Crippen LogP contribution in [-0.2, 0) is 0 Å². The van der Waals surface area contributed by atoms with Crippen molar-refractivity contribution in [3.63, 3.8) is 0 Å². The van der Waals surface area contributed by atoms with Crippen LogP contribution in [0.3, 0.4) is 0 Å². The van der Waals surface area contributed by atoms with Gasteiger partial charge in [0.2, 0.25) is 0 Å². The summed E-state index contributed by atoms with van der Waals surface area (Å²) in [6, 6.07) is 20.3. The quantitative estimate of drug-likeness (QED) is 0.803. The van der Waals surface area contributed by atoms with E-state index in [0.29, 0.717) is 0 Å². The monoisotopic (exact) mass is 264 g/mol. The van der Waals surface area contributed by atoms with Gasteiger partial charge in [-0.1, -0.05) is 66.7 Å². The predicted octanol–water partition coefficient (Wildman–Crippen LogP) is 4.56. The summed E-state index contributed by atoms with van der Waals surface area (Å²) in [6.07, 6.45) is 2.10. The maximum atomic E-state index is 9.76. The van der Waals surface area contributed by atoms with Gasteiger partial charge in [0, 0.05) is 0 Å². The van der Waals surface area contributed by atoms with E-state index in [0.717, 1.165) is 16.7 Å². The van der Waals surface area contributed by atoms with Crippen LogP contribution in [0.15, 0.2) is 72.3 Å². The van der Waals surface area contributed by atoms with Gasteiger partial charge in [-0.2, -0.15) is 0 Å². The maximum absolute atomic E-state index is 9.76. The van der Waals surface area contributed by atoms with Gasteiger partial charge in [0.15, 0.2) is 0 Å². The number of allylic oxidation sites excluding steroid dienone is 3. The largest absolute Gasteiger partial charge is 0.392 e. The molecular formula is C19H20O. The average Bonchev–Trinajstić information content (AvgIpc) is 2.51. The molecular weight excluding hydrogens is 244 g/mol. The van der Waals surface area contributed by atoms with Crippen molar-refractivity contribution in [2.45, 2.75) is 13.8 Å². The van der Waals surface area contributed by atoms with E-state index >= 15 is 0 Å². The molecule has 2 aromatic carbocycles. The van der Waals surface area contributed by atoms with Crippen molar-refractivity contribution < 1.29 is 5.11 Å². The highest BCUT2D eigenvalue weighted by molar-refractivity contribution is 5.88. The third-order valence-electron chi connectivity index (χ3n) is 3.51. The lowest BCUT2D eigenvalue weighted by molar-refractivity contribution is 0.349. The normalized spacial score (nSPS) is 13.1. The second-order valence-corrected chi connectivity index (χ2v) is 4.70. The first-order valence-corrected chi connectivity index (χ1v) is 6.86. The second kappa shape index (κ2) is 6.88. The summed E-state index contributed by atoms with van der Waals surface area (Å²) in [6.45, 7) is 4.15. The van der Waals surface area contributed by atoms with Gasteiger partial charge in [0.25, 0.3) is 0 Å². The number of aliphatic hydroxyl groups is 1. The molecule has 2 rings (SSSR count). The van der Waals surface area contributed by atoms with Crippen LogP contribution < -0.4 is 0 Å². The summed E-state index contributed by atoms with van der Waals surface area (Å²) in [7, 11) is 0. The fourth-order valence-electron chi connectivity index (χ4n) is 2.45. The molecule has 1 nitrogen and oxygen atoms in total. The summed E-state index contributed by atoms with van der Waals surface area (Å²) in [5, 5.41) is 9.76. The van der Waals surface area contributed by atoms with Crippen LogP contribution in [0.1, 0.15) is 25.0 Å². The molecule has 1 N–H and O–H groups in total. The van der Waals surface area contributed by atoms with Gasteiger partial charge >= 0.3 is 0 Å². The Labute approximate surface area is 120 Å². The third kappa shape index (κ3) is 3.06. The Morgan fingerprint density at radius 1 is 0.900 bits per heavy atom. The van der Waals surface area contributed by atoms with Gasteiger partial charge in [-0.15, -0.1) is 0 Å². The van der Waals surface area contributed by atoms with E-state index in [1.54, 1.807) is 0 Å². The van der Waals surface area contributed by atoms with Crippen molar-refractivity contribution >= 4 is 11.1 Å². The first-order chi connectivity index (χ1) is 9.77. The highest BCUT2D eigenvalue weighted by Gasteiger charge is 2.09. The number of rotatable bonds is 4. The van der Waals surface area contributed by atoms with Crippen LogP contribution in [0.4, 0.5) is 0 Å². The van der Waals surface area contributed by atoms with Gasteiger partial charge in [-0.3, -0.25) is 0 Å². The molecule has 1 heteroatoms. The minimum atomic E-state index is 0.0417. The molecule has 102 valence electrons. The van der Waals surface area contributed by atoms with E-state index in [4.69, 9.17) is 0 Å². The summed E-state index contributed by atoms with van der Waals surface area (Å²) < 4.78 is 0. The summed E-state index contributed by atoms with van der Waals surface area (Å²) >= 11 is 0. The van der Waals surface area contributed by atoms with Crippen LogP contribution in [0.2, 0.25) is 0 Å². The highest BCUT2D eigenvalue weighted by Crippen LogP contribution is 2.29. The number of hydrogen-bond acceptors (Lipinski definition) is 1. The molecule has 0 aliphatic rings. The van der Waals surface area contributed by atoms with E-state index in [2.05, 4.69) is 25.1 Å². The molecule has 0 aromatic heterocycles. The molecule has 0 unspecified atom stereocenters. The number of hydrogen-bond donors (Lipinski definition) is 1. The molecule has 0 saturated carbocycles. The lowest BCUT2D eigenvalue weighted by Crippen LogP contribution is -1.97. The Kier molecular flexibility index (Phi) is 4.91. The van der Waals surface area contributed by atoms with E-state index in [1.807, 2.05) is 55.5 Å². The molecule has 0 radical (unpaired) electrons. The fourth-order valence-corrected chi connectivity index (χ4v) is 2.45. The molecule has 20 heavy (non-hydrogen) atoms. The van der Waals surface area contributed by atoms with Gasteiger partial charge in [-0.05, 0) is 41.7 Å². The first kappa shape index (κ1) is 14.3. The average molecular weight is 264 g/mol. The second-order valence-electron chi connectivity index (χ2n) is 4.70. The van der Waals surface area contributed by atoms with Crippen LogP contribution in [-0.4, -0.2) is 11.7 Å². The van der Waals surface area contributed by atoms with E-state index in [9.17, 15) is 5.11 Å². The van der Waals surface area contributed by atoms with Crippen molar-refractivity contribution in [2.24, 2.45) is 0 Å². The minimum Gasteiger partial charge on any atom is -0.392 e. The molecule has 0 aliphatic heterocycles. The van der Waals surface area contributed by atoms with E-state index in [1.165, 1.54) is 11.1 Å². The number of benzene rings is 2. The van der Waals surface area contributed by atoms with Crippen molar-refractivity contribution in [3.05, 3.63) is 83.4 Å². The topological polar surface area (TPSA) is 20.2 Å². The molecule has 0 amide bonds. The van der Waals surface area contributed by atoms with Crippen LogP contribution >= 0.6 is 0 Å². The SMILES string of the molecule is C/C=C(/C(C)=C(\CO)c1ccccc1)c1ccccc1. The molecule has 0 aliphatic carbocycles. The van der Waals surface area contributed by atoms with Gasteiger partial charge in [-0.25, -0.2) is 0 Å². The summed E-state index contributed by atoms with van der Waals surface area (Å²) in [5.74, 6) is 0. The Bertz CT molecular complexity index is 607. The maximum Gasteiger partial charge on any atom is 0.0690 e. The Morgan fingerprint density at radius 2 is 1.40 bits per heavy atom. The smallest absolute Gasteiger partial charge is 0.0690 e. The van der Waals surface area contributed by atoms with Crippen LogP contribution in [0.25, 0.3) is 11.1 Å². The van der Waals surface area contributed by atoms with Crippen LogP contribution in [0.5, 0.6) is 0 Å².